The van der Waals surface area contributed by atoms with E-state index in [4.69, 9.17) is 0 Å². The Morgan fingerprint density at radius 3 is 2.31 bits per heavy atom. The van der Waals surface area contributed by atoms with Gasteiger partial charge < -0.3 is 5.32 Å². The lowest BCUT2D eigenvalue weighted by molar-refractivity contribution is 0.0652. The van der Waals surface area contributed by atoms with Gasteiger partial charge in [0.25, 0.3) is 17.7 Å². The Bertz CT molecular complexity index is 1160. The Morgan fingerprint density at radius 2 is 1.66 bits per heavy atom. The third-order valence-corrected chi connectivity index (χ3v) is 7.45. The SMILES string of the molecule is CCCCN1C(=O)c2ccc(C(=O)Nc3cccc(S(=O)(=O)N(CC)CC)c3)cc2C1=O. The number of nitrogens with zero attached hydrogens (tertiary/aromatic N) is 2. The highest BCUT2D eigenvalue weighted by Crippen LogP contribution is 2.25. The van der Waals surface area contributed by atoms with Crippen LogP contribution in [0.15, 0.2) is 47.4 Å². The number of nitrogens with one attached hydrogen (secondary N) is 1. The molecule has 0 spiro atoms. The number of carbonyl (C=O) groups is 3. The van der Waals surface area contributed by atoms with Gasteiger partial charge in [0.15, 0.2) is 0 Å². The van der Waals surface area contributed by atoms with Crippen molar-refractivity contribution in [3.63, 3.8) is 0 Å². The van der Waals surface area contributed by atoms with E-state index in [1.165, 1.54) is 39.5 Å². The van der Waals surface area contributed by atoms with Crippen molar-refractivity contribution in [1.82, 2.24) is 9.21 Å². The van der Waals surface area contributed by atoms with Crippen LogP contribution in [0.5, 0.6) is 0 Å². The number of fused-ring (bicyclic) bond motifs is 1. The lowest BCUT2D eigenvalue weighted by Crippen LogP contribution is -2.30. The molecule has 3 amide bonds. The normalized spacial score (nSPS) is 13.6. The first kappa shape index (κ1) is 23.6. The predicted octanol–water partition coefficient (Wildman–Crippen LogP) is 3.37. The van der Waals surface area contributed by atoms with Crippen LogP contribution in [-0.4, -0.2) is 55.0 Å². The lowest BCUT2D eigenvalue weighted by atomic mass is 10.1. The second-order valence-electron chi connectivity index (χ2n) is 7.45. The van der Waals surface area contributed by atoms with Crippen molar-refractivity contribution in [1.29, 1.82) is 0 Å². The van der Waals surface area contributed by atoms with Crippen LogP contribution < -0.4 is 5.32 Å². The number of hydrogen-bond acceptors (Lipinski definition) is 5. The summed E-state index contributed by atoms with van der Waals surface area (Å²) >= 11 is 0. The number of unbranched alkanes of at least 4 members (excludes halogenated alkanes) is 1. The van der Waals surface area contributed by atoms with Gasteiger partial charge in [-0.2, -0.15) is 4.31 Å². The van der Waals surface area contributed by atoms with Crippen molar-refractivity contribution in [2.24, 2.45) is 0 Å². The maximum atomic E-state index is 12.8. The van der Waals surface area contributed by atoms with Crippen LogP contribution in [0.4, 0.5) is 5.69 Å². The molecule has 0 saturated heterocycles. The molecule has 0 atom stereocenters. The topological polar surface area (TPSA) is 104 Å². The van der Waals surface area contributed by atoms with E-state index in [0.717, 1.165) is 6.42 Å². The highest BCUT2D eigenvalue weighted by atomic mass is 32.2. The first-order chi connectivity index (χ1) is 15.2. The second kappa shape index (κ2) is 9.62. The van der Waals surface area contributed by atoms with Crippen LogP contribution in [0.25, 0.3) is 0 Å². The molecule has 170 valence electrons. The van der Waals surface area contributed by atoms with Crippen LogP contribution in [0.1, 0.15) is 64.7 Å². The van der Waals surface area contributed by atoms with Crippen molar-refractivity contribution in [3.05, 3.63) is 59.2 Å². The molecule has 0 aliphatic carbocycles. The van der Waals surface area contributed by atoms with E-state index >= 15 is 0 Å². The molecule has 0 fully saturated rings. The van der Waals surface area contributed by atoms with E-state index in [0.29, 0.717) is 31.7 Å². The quantitative estimate of drug-likeness (QED) is 0.582. The van der Waals surface area contributed by atoms with E-state index in [1.807, 2.05) is 6.92 Å². The maximum absolute atomic E-state index is 12.8. The first-order valence-electron chi connectivity index (χ1n) is 10.7. The fourth-order valence-corrected chi connectivity index (χ4v) is 5.11. The average Bonchev–Trinajstić information content (AvgIpc) is 3.02. The fraction of sp³-hybridized carbons (Fsp3) is 0.348. The number of amides is 3. The third kappa shape index (κ3) is 4.44. The minimum Gasteiger partial charge on any atom is -0.322 e. The third-order valence-electron chi connectivity index (χ3n) is 5.40. The van der Waals surface area contributed by atoms with Crippen LogP contribution >= 0.6 is 0 Å². The molecule has 9 heteroatoms. The molecule has 0 saturated carbocycles. The standard InChI is InChI=1S/C23H27N3O5S/c1-4-7-13-26-22(28)19-12-11-16(14-20(19)23(26)29)21(27)24-17-9-8-10-18(15-17)32(30,31)25(5-2)6-3/h8-12,14-15H,4-7,13H2,1-3H3,(H,24,27). The maximum Gasteiger partial charge on any atom is 0.261 e. The summed E-state index contributed by atoms with van der Waals surface area (Å²) in [5, 5.41) is 2.68. The van der Waals surface area contributed by atoms with Gasteiger partial charge in [-0.05, 0) is 42.8 Å². The fourth-order valence-electron chi connectivity index (χ4n) is 3.60. The summed E-state index contributed by atoms with van der Waals surface area (Å²) in [6.45, 7) is 6.52. The molecule has 0 unspecified atom stereocenters. The molecule has 1 N–H and O–H groups in total. The van der Waals surface area contributed by atoms with Gasteiger partial charge in [0, 0.05) is 30.9 Å². The molecular formula is C23H27N3O5S. The van der Waals surface area contributed by atoms with Crippen molar-refractivity contribution in [2.75, 3.05) is 25.0 Å². The molecule has 0 bridgehead atoms. The number of anilines is 1. The van der Waals surface area contributed by atoms with Gasteiger partial charge in [0.05, 0.1) is 16.0 Å². The molecule has 2 aromatic carbocycles. The zero-order valence-corrected chi connectivity index (χ0v) is 19.2. The first-order valence-corrected chi connectivity index (χ1v) is 12.1. The molecule has 2 aromatic rings. The van der Waals surface area contributed by atoms with Gasteiger partial charge in [-0.1, -0.05) is 33.3 Å². The van der Waals surface area contributed by atoms with Gasteiger partial charge in [-0.15, -0.1) is 0 Å². The Kier molecular flexibility index (Phi) is 7.10. The van der Waals surface area contributed by atoms with Crippen LogP contribution in [0, 0.1) is 0 Å². The van der Waals surface area contributed by atoms with Gasteiger partial charge in [0.1, 0.15) is 0 Å². The predicted molar refractivity (Wildman–Crippen MR) is 121 cm³/mol. The van der Waals surface area contributed by atoms with Crippen molar-refractivity contribution in [3.8, 4) is 0 Å². The molecular weight excluding hydrogens is 430 g/mol. The summed E-state index contributed by atoms with van der Waals surface area (Å²) < 4.78 is 26.8. The minimum atomic E-state index is -3.67. The monoisotopic (exact) mass is 457 g/mol. The molecule has 1 aliphatic heterocycles. The van der Waals surface area contributed by atoms with Crippen LogP contribution in [0.2, 0.25) is 0 Å². The van der Waals surface area contributed by atoms with Crippen molar-refractivity contribution in [2.45, 2.75) is 38.5 Å². The Hall–Kier alpha value is -3.04. The average molecular weight is 458 g/mol. The number of imide groups is 1. The van der Waals surface area contributed by atoms with Crippen molar-refractivity contribution >= 4 is 33.4 Å². The molecule has 32 heavy (non-hydrogen) atoms. The van der Waals surface area contributed by atoms with Gasteiger partial charge in [-0.25, -0.2) is 8.42 Å². The number of benzene rings is 2. The zero-order chi connectivity index (χ0) is 23.5. The molecule has 8 nitrogen and oxygen atoms in total. The van der Waals surface area contributed by atoms with E-state index < -0.39 is 21.8 Å². The summed E-state index contributed by atoms with van der Waals surface area (Å²) in [6, 6.07) is 10.4. The van der Waals surface area contributed by atoms with E-state index in [-0.39, 0.29) is 27.5 Å². The Balaban J connectivity index is 1.82. The van der Waals surface area contributed by atoms with E-state index in [9.17, 15) is 22.8 Å². The summed E-state index contributed by atoms with van der Waals surface area (Å²) in [5.41, 5.74) is 1.02. The number of rotatable bonds is 9. The molecule has 1 aliphatic rings. The van der Waals surface area contributed by atoms with E-state index in [2.05, 4.69) is 5.32 Å². The summed E-state index contributed by atoms with van der Waals surface area (Å²) in [7, 11) is -3.67. The molecule has 3 rings (SSSR count). The minimum absolute atomic E-state index is 0.0836. The smallest absolute Gasteiger partial charge is 0.261 e. The highest BCUT2D eigenvalue weighted by Gasteiger charge is 2.35. The van der Waals surface area contributed by atoms with Gasteiger partial charge >= 0.3 is 0 Å². The van der Waals surface area contributed by atoms with Crippen molar-refractivity contribution < 1.29 is 22.8 Å². The summed E-state index contributed by atoms with van der Waals surface area (Å²) in [5.74, 6) is -1.25. The highest BCUT2D eigenvalue weighted by molar-refractivity contribution is 7.89. The van der Waals surface area contributed by atoms with E-state index in [1.54, 1.807) is 26.0 Å². The Labute approximate surface area is 188 Å². The summed E-state index contributed by atoms with van der Waals surface area (Å²) in [4.78, 5) is 39.2. The molecule has 0 radical (unpaired) electrons. The number of sulfonamides is 1. The number of hydrogen-bond donors (Lipinski definition) is 1. The Morgan fingerprint density at radius 1 is 0.969 bits per heavy atom. The largest absolute Gasteiger partial charge is 0.322 e. The molecule has 0 aromatic heterocycles. The zero-order valence-electron chi connectivity index (χ0n) is 18.4. The van der Waals surface area contributed by atoms with Gasteiger partial charge in [-0.3, -0.25) is 19.3 Å². The lowest BCUT2D eigenvalue weighted by Gasteiger charge is -2.18. The van der Waals surface area contributed by atoms with Crippen LogP contribution in [0.3, 0.4) is 0 Å². The summed E-state index contributed by atoms with van der Waals surface area (Å²) in [6.07, 6.45) is 1.57. The second-order valence-corrected chi connectivity index (χ2v) is 9.39. The van der Waals surface area contributed by atoms with Crippen LogP contribution in [-0.2, 0) is 10.0 Å². The van der Waals surface area contributed by atoms with Gasteiger partial charge in [0.2, 0.25) is 10.0 Å². The number of carbonyl (C=O) groups excluding carboxylic acids is 3. The molecule has 1 heterocycles.